The largest absolute Gasteiger partial charge is 0.353 e. The fourth-order valence-corrected chi connectivity index (χ4v) is 2.13. The summed E-state index contributed by atoms with van der Waals surface area (Å²) in [4.78, 5) is 29.3. The molecule has 2 aromatic heterocycles. The summed E-state index contributed by atoms with van der Waals surface area (Å²) in [6, 6.07) is 1.76. The molecule has 1 saturated heterocycles. The summed E-state index contributed by atoms with van der Waals surface area (Å²) in [6.45, 7) is 2.98. The van der Waals surface area contributed by atoms with Crippen molar-refractivity contribution in [1.29, 1.82) is 0 Å². The molecule has 3 heterocycles. The highest BCUT2D eigenvalue weighted by Crippen LogP contribution is 2.15. The van der Waals surface area contributed by atoms with Gasteiger partial charge in [0.2, 0.25) is 5.91 Å². The topological polar surface area (TPSA) is 91.0 Å². The third-order valence-electron chi connectivity index (χ3n) is 3.17. The number of nitrogens with one attached hydrogen (secondary N) is 2. The van der Waals surface area contributed by atoms with E-state index in [0.717, 1.165) is 11.1 Å². The number of hydrogen-bond acceptors (Lipinski definition) is 4. The van der Waals surface area contributed by atoms with Crippen molar-refractivity contribution >= 4 is 22.8 Å². The highest BCUT2D eigenvalue weighted by Gasteiger charge is 2.22. The van der Waals surface area contributed by atoms with Gasteiger partial charge in [0.05, 0.1) is 12.1 Å². The number of hydrogen-bond donors (Lipinski definition) is 2. The van der Waals surface area contributed by atoms with Crippen molar-refractivity contribution < 1.29 is 9.59 Å². The number of carbonyl (C=O) groups is 2. The van der Waals surface area contributed by atoms with Crippen LogP contribution < -0.4 is 5.32 Å². The van der Waals surface area contributed by atoms with Crippen LogP contribution in [-0.4, -0.2) is 51.5 Å². The van der Waals surface area contributed by atoms with E-state index < -0.39 is 0 Å². The lowest BCUT2D eigenvalue weighted by atomic mass is 10.2. The molecule has 7 nitrogen and oxygen atoms in total. The number of aryl methyl sites for hydroxylation is 1. The Bertz CT molecular complexity index is 663. The number of fused-ring (bicyclic) bond motifs is 1. The van der Waals surface area contributed by atoms with Crippen LogP contribution in [0.25, 0.3) is 11.0 Å². The van der Waals surface area contributed by atoms with Gasteiger partial charge in [0.25, 0.3) is 5.91 Å². The molecule has 98 valence electrons. The van der Waals surface area contributed by atoms with Gasteiger partial charge < -0.3 is 10.2 Å². The zero-order valence-electron chi connectivity index (χ0n) is 10.4. The van der Waals surface area contributed by atoms with Crippen molar-refractivity contribution in [2.45, 2.75) is 6.92 Å². The Balaban J connectivity index is 1.92. The van der Waals surface area contributed by atoms with Gasteiger partial charge in [-0.15, -0.1) is 0 Å². The molecule has 0 radical (unpaired) electrons. The molecule has 0 spiro atoms. The molecule has 1 fully saturated rings. The van der Waals surface area contributed by atoms with Gasteiger partial charge in [0, 0.05) is 30.4 Å². The molecule has 2 N–H and O–H groups in total. The van der Waals surface area contributed by atoms with E-state index in [9.17, 15) is 9.59 Å². The van der Waals surface area contributed by atoms with Gasteiger partial charge >= 0.3 is 0 Å². The molecular weight excluding hydrogens is 246 g/mol. The predicted octanol–water partition coefficient (Wildman–Crippen LogP) is -0.162. The van der Waals surface area contributed by atoms with Crippen LogP contribution in [0, 0.1) is 6.92 Å². The quantitative estimate of drug-likeness (QED) is 0.744. The van der Waals surface area contributed by atoms with Crippen molar-refractivity contribution in [2.75, 3.05) is 19.6 Å². The Hall–Kier alpha value is -2.44. The number of pyridine rings is 1. The van der Waals surface area contributed by atoms with Crippen LogP contribution in [0.3, 0.4) is 0 Å². The van der Waals surface area contributed by atoms with Gasteiger partial charge in [0.1, 0.15) is 0 Å². The first kappa shape index (κ1) is 11.6. The maximum absolute atomic E-state index is 12.3. The Morgan fingerprint density at radius 3 is 3.11 bits per heavy atom. The normalized spacial score (nSPS) is 15.6. The molecule has 1 aliphatic rings. The second-order valence-corrected chi connectivity index (χ2v) is 4.52. The van der Waals surface area contributed by atoms with E-state index in [4.69, 9.17) is 0 Å². The van der Waals surface area contributed by atoms with Crippen molar-refractivity contribution in [3.8, 4) is 0 Å². The highest BCUT2D eigenvalue weighted by molar-refractivity contribution is 5.99. The summed E-state index contributed by atoms with van der Waals surface area (Å²) in [5.41, 5.74) is 1.94. The van der Waals surface area contributed by atoms with E-state index in [0.29, 0.717) is 24.3 Å². The molecule has 2 aromatic rings. The molecule has 0 saturated carbocycles. The van der Waals surface area contributed by atoms with Gasteiger partial charge in [-0.2, -0.15) is 5.10 Å². The zero-order valence-corrected chi connectivity index (χ0v) is 10.4. The van der Waals surface area contributed by atoms with E-state index >= 15 is 0 Å². The smallest absolute Gasteiger partial charge is 0.255 e. The van der Waals surface area contributed by atoms with Crippen LogP contribution in [0.1, 0.15) is 16.1 Å². The SMILES string of the molecule is Cc1[nH]nc2ncc(C(=O)N3CCNC(=O)C3)cc12. The monoisotopic (exact) mass is 259 g/mol. The molecule has 0 aromatic carbocycles. The fraction of sp³-hybridized carbons (Fsp3) is 0.333. The lowest BCUT2D eigenvalue weighted by Crippen LogP contribution is -2.49. The van der Waals surface area contributed by atoms with Crippen LogP contribution in [0.15, 0.2) is 12.3 Å². The molecule has 0 bridgehead atoms. The van der Waals surface area contributed by atoms with Gasteiger partial charge in [-0.3, -0.25) is 14.7 Å². The van der Waals surface area contributed by atoms with Crippen molar-refractivity contribution in [3.05, 3.63) is 23.5 Å². The summed E-state index contributed by atoms with van der Waals surface area (Å²) in [6.07, 6.45) is 1.50. The van der Waals surface area contributed by atoms with Crippen LogP contribution in [0.2, 0.25) is 0 Å². The molecule has 1 aliphatic heterocycles. The average Bonchev–Trinajstić information content (AvgIpc) is 2.79. The van der Waals surface area contributed by atoms with Crippen molar-refractivity contribution in [1.82, 2.24) is 25.4 Å². The minimum Gasteiger partial charge on any atom is -0.353 e. The standard InChI is InChI=1S/C12H13N5O2/c1-7-9-4-8(5-14-11(9)16-15-7)12(19)17-3-2-13-10(18)6-17/h4-5H,2-3,6H2,1H3,(H,13,18)(H,14,15,16). The zero-order chi connectivity index (χ0) is 13.4. The first-order valence-corrected chi connectivity index (χ1v) is 6.02. The number of H-pyrrole nitrogens is 1. The molecule has 19 heavy (non-hydrogen) atoms. The average molecular weight is 259 g/mol. The first-order chi connectivity index (χ1) is 9.15. The first-order valence-electron chi connectivity index (χ1n) is 6.02. The maximum atomic E-state index is 12.3. The van der Waals surface area contributed by atoms with Crippen molar-refractivity contribution in [3.63, 3.8) is 0 Å². The number of piperazine rings is 1. The van der Waals surface area contributed by atoms with Crippen LogP contribution in [-0.2, 0) is 4.79 Å². The van der Waals surface area contributed by atoms with E-state index in [1.165, 1.54) is 11.1 Å². The second kappa shape index (κ2) is 4.34. The second-order valence-electron chi connectivity index (χ2n) is 4.52. The Labute approximate surface area is 109 Å². The van der Waals surface area contributed by atoms with Crippen LogP contribution in [0.4, 0.5) is 0 Å². The summed E-state index contributed by atoms with van der Waals surface area (Å²) in [7, 11) is 0. The summed E-state index contributed by atoms with van der Waals surface area (Å²) >= 11 is 0. The Kier molecular flexibility index (Phi) is 2.66. The minimum atomic E-state index is -0.176. The molecule has 2 amide bonds. The molecule has 0 atom stereocenters. The van der Waals surface area contributed by atoms with E-state index in [-0.39, 0.29) is 18.4 Å². The van der Waals surface area contributed by atoms with Crippen LogP contribution in [0.5, 0.6) is 0 Å². The van der Waals surface area contributed by atoms with Gasteiger partial charge in [0.15, 0.2) is 5.65 Å². The third-order valence-corrected chi connectivity index (χ3v) is 3.17. The molecule has 7 heteroatoms. The Morgan fingerprint density at radius 1 is 1.47 bits per heavy atom. The van der Waals surface area contributed by atoms with Gasteiger partial charge in [-0.1, -0.05) is 0 Å². The molecule has 3 rings (SSSR count). The highest BCUT2D eigenvalue weighted by atomic mass is 16.2. The lowest BCUT2D eigenvalue weighted by molar-refractivity contribution is -0.123. The van der Waals surface area contributed by atoms with Gasteiger partial charge in [-0.05, 0) is 13.0 Å². The lowest BCUT2D eigenvalue weighted by Gasteiger charge is -2.26. The number of rotatable bonds is 1. The summed E-state index contributed by atoms with van der Waals surface area (Å²) < 4.78 is 0. The number of nitrogens with zero attached hydrogens (tertiary/aromatic N) is 3. The third kappa shape index (κ3) is 2.03. The number of carbonyl (C=O) groups excluding carboxylic acids is 2. The number of amides is 2. The van der Waals surface area contributed by atoms with E-state index in [2.05, 4.69) is 20.5 Å². The fourth-order valence-electron chi connectivity index (χ4n) is 2.13. The van der Waals surface area contributed by atoms with E-state index in [1.54, 1.807) is 6.07 Å². The molecular formula is C12H13N5O2. The Morgan fingerprint density at radius 2 is 2.32 bits per heavy atom. The van der Waals surface area contributed by atoms with E-state index in [1.807, 2.05) is 6.92 Å². The number of aromatic amines is 1. The summed E-state index contributed by atoms with van der Waals surface area (Å²) in [5.74, 6) is -0.307. The predicted molar refractivity (Wildman–Crippen MR) is 67.5 cm³/mol. The number of aromatic nitrogens is 3. The maximum Gasteiger partial charge on any atom is 0.255 e. The molecule has 0 aliphatic carbocycles. The van der Waals surface area contributed by atoms with Crippen molar-refractivity contribution in [2.24, 2.45) is 0 Å². The summed E-state index contributed by atoms with van der Waals surface area (Å²) in [5, 5.41) is 10.4. The van der Waals surface area contributed by atoms with Crippen LogP contribution >= 0.6 is 0 Å². The van der Waals surface area contributed by atoms with Gasteiger partial charge in [-0.25, -0.2) is 4.98 Å². The molecule has 0 unspecified atom stereocenters. The minimum absolute atomic E-state index is 0.0985.